The van der Waals surface area contributed by atoms with E-state index < -0.39 is 0 Å². The van der Waals surface area contributed by atoms with Crippen LogP contribution in [0, 0.1) is 12.8 Å². The number of nitrogens with one attached hydrogen (secondary N) is 2. The molecule has 7 heteroatoms. The van der Waals surface area contributed by atoms with Crippen LogP contribution in [0.2, 0.25) is 0 Å². The summed E-state index contributed by atoms with van der Waals surface area (Å²) in [5.74, 6) is 0.181. The summed E-state index contributed by atoms with van der Waals surface area (Å²) in [6, 6.07) is 7.39. The van der Waals surface area contributed by atoms with Crippen molar-refractivity contribution in [2.75, 3.05) is 7.11 Å². The fourth-order valence-electron chi connectivity index (χ4n) is 3.30. The minimum absolute atomic E-state index is 0.0457. The van der Waals surface area contributed by atoms with Gasteiger partial charge in [0.15, 0.2) is 0 Å². The molecule has 1 heterocycles. The summed E-state index contributed by atoms with van der Waals surface area (Å²) in [7, 11) is 1.61. The van der Waals surface area contributed by atoms with Crippen LogP contribution in [0.3, 0.4) is 0 Å². The molecule has 1 aliphatic carbocycles. The van der Waals surface area contributed by atoms with Crippen molar-refractivity contribution >= 4 is 11.8 Å². The standard InChI is InChI=1S/C20H24N4O3/c1-13-10-22-18(12-21-13)20(26)24-17-8-4-7-16(17)19(25)23-11-14-5-3-6-15(9-14)27-2/h3,5-6,9-10,12,16-17H,4,7-8,11H2,1-2H3,(H,23,25)(H,24,26)/t16-,17+/m0/s1. The molecule has 2 aromatic rings. The van der Waals surface area contributed by atoms with E-state index in [9.17, 15) is 9.59 Å². The lowest BCUT2D eigenvalue weighted by Gasteiger charge is -2.20. The van der Waals surface area contributed by atoms with Crippen LogP contribution in [0.4, 0.5) is 0 Å². The molecule has 1 saturated carbocycles. The number of benzene rings is 1. The van der Waals surface area contributed by atoms with Gasteiger partial charge in [-0.3, -0.25) is 14.6 Å². The van der Waals surface area contributed by atoms with E-state index in [1.165, 1.54) is 6.20 Å². The lowest BCUT2D eigenvalue weighted by molar-refractivity contribution is -0.125. The topological polar surface area (TPSA) is 93.2 Å². The van der Waals surface area contributed by atoms with E-state index in [4.69, 9.17) is 4.74 Å². The highest BCUT2D eigenvalue weighted by Crippen LogP contribution is 2.26. The summed E-state index contributed by atoms with van der Waals surface area (Å²) < 4.78 is 5.20. The van der Waals surface area contributed by atoms with E-state index in [0.29, 0.717) is 6.54 Å². The Morgan fingerprint density at radius 1 is 1.22 bits per heavy atom. The maximum Gasteiger partial charge on any atom is 0.271 e. The van der Waals surface area contributed by atoms with Crippen LogP contribution in [-0.2, 0) is 11.3 Å². The third kappa shape index (κ3) is 4.81. The van der Waals surface area contributed by atoms with Crippen LogP contribution in [0.1, 0.15) is 41.0 Å². The maximum atomic E-state index is 12.6. The molecule has 1 aromatic heterocycles. The Morgan fingerprint density at radius 2 is 2.07 bits per heavy atom. The molecule has 0 saturated heterocycles. The van der Waals surface area contributed by atoms with Gasteiger partial charge in [0.1, 0.15) is 11.4 Å². The van der Waals surface area contributed by atoms with E-state index in [0.717, 1.165) is 36.3 Å². The predicted octanol–water partition coefficient (Wildman–Crippen LogP) is 2.01. The summed E-state index contributed by atoms with van der Waals surface area (Å²) in [6.45, 7) is 2.24. The zero-order valence-corrected chi connectivity index (χ0v) is 15.6. The molecule has 3 rings (SSSR count). The second-order valence-corrected chi connectivity index (χ2v) is 6.73. The van der Waals surface area contributed by atoms with Gasteiger partial charge in [0.2, 0.25) is 5.91 Å². The van der Waals surface area contributed by atoms with E-state index >= 15 is 0 Å². The Labute approximate surface area is 158 Å². The summed E-state index contributed by atoms with van der Waals surface area (Å²) in [5.41, 5.74) is 1.99. The van der Waals surface area contributed by atoms with Crippen molar-refractivity contribution in [2.24, 2.45) is 5.92 Å². The van der Waals surface area contributed by atoms with Gasteiger partial charge in [-0.1, -0.05) is 18.6 Å². The largest absolute Gasteiger partial charge is 0.497 e. The van der Waals surface area contributed by atoms with Gasteiger partial charge in [-0.15, -0.1) is 0 Å². The van der Waals surface area contributed by atoms with Crippen LogP contribution in [-0.4, -0.2) is 34.9 Å². The summed E-state index contributed by atoms with van der Waals surface area (Å²) in [4.78, 5) is 33.2. The molecule has 2 atom stereocenters. The van der Waals surface area contributed by atoms with Gasteiger partial charge in [-0.25, -0.2) is 4.98 Å². The van der Waals surface area contributed by atoms with Crippen molar-refractivity contribution in [1.82, 2.24) is 20.6 Å². The Hall–Kier alpha value is -2.96. The minimum Gasteiger partial charge on any atom is -0.497 e. The molecule has 142 valence electrons. The average Bonchev–Trinajstić information content (AvgIpc) is 3.15. The Morgan fingerprint density at radius 3 is 2.81 bits per heavy atom. The van der Waals surface area contributed by atoms with Crippen molar-refractivity contribution in [2.45, 2.75) is 38.8 Å². The molecule has 1 aromatic carbocycles. The maximum absolute atomic E-state index is 12.6. The zero-order valence-electron chi connectivity index (χ0n) is 15.6. The fourth-order valence-corrected chi connectivity index (χ4v) is 3.30. The lowest BCUT2D eigenvalue weighted by atomic mass is 10.0. The number of ether oxygens (including phenoxy) is 1. The molecule has 2 amide bonds. The first-order chi connectivity index (χ1) is 13.1. The van der Waals surface area contributed by atoms with Crippen LogP contribution in [0.15, 0.2) is 36.7 Å². The van der Waals surface area contributed by atoms with Crippen molar-refractivity contribution in [3.05, 3.63) is 53.6 Å². The van der Waals surface area contributed by atoms with E-state index in [1.54, 1.807) is 13.3 Å². The van der Waals surface area contributed by atoms with Gasteiger partial charge >= 0.3 is 0 Å². The molecule has 0 unspecified atom stereocenters. The van der Waals surface area contributed by atoms with Crippen molar-refractivity contribution in [3.8, 4) is 5.75 Å². The van der Waals surface area contributed by atoms with Gasteiger partial charge in [-0.2, -0.15) is 0 Å². The Kier molecular flexibility index (Phi) is 6.01. The molecule has 1 aliphatic rings. The van der Waals surface area contributed by atoms with Crippen LogP contribution < -0.4 is 15.4 Å². The van der Waals surface area contributed by atoms with E-state index in [2.05, 4.69) is 20.6 Å². The number of amides is 2. The predicted molar refractivity (Wildman–Crippen MR) is 100 cm³/mol. The number of nitrogens with zero attached hydrogens (tertiary/aromatic N) is 2. The average molecular weight is 368 g/mol. The number of carbonyl (C=O) groups excluding carboxylic acids is 2. The second kappa shape index (κ2) is 8.62. The molecule has 27 heavy (non-hydrogen) atoms. The van der Waals surface area contributed by atoms with Crippen LogP contribution >= 0.6 is 0 Å². The van der Waals surface area contributed by atoms with Crippen molar-refractivity contribution in [1.29, 1.82) is 0 Å². The van der Waals surface area contributed by atoms with Gasteiger partial charge in [0, 0.05) is 18.8 Å². The van der Waals surface area contributed by atoms with Gasteiger partial charge in [0.05, 0.1) is 24.9 Å². The van der Waals surface area contributed by atoms with Crippen molar-refractivity contribution in [3.63, 3.8) is 0 Å². The minimum atomic E-state index is -0.292. The molecule has 0 spiro atoms. The quantitative estimate of drug-likeness (QED) is 0.814. The van der Waals surface area contributed by atoms with Gasteiger partial charge in [-0.05, 0) is 37.5 Å². The summed E-state index contributed by atoms with van der Waals surface area (Å²) in [5, 5.41) is 5.91. The molecule has 1 fully saturated rings. The highest BCUT2D eigenvalue weighted by molar-refractivity contribution is 5.92. The Bertz CT molecular complexity index is 807. The number of aromatic nitrogens is 2. The molecule has 0 bridgehead atoms. The lowest BCUT2D eigenvalue weighted by Crippen LogP contribution is -2.44. The molecule has 2 N–H and O–H groups in total. The molecule has 0 aliphatic heterocycles. The first-order valence-electron chi connectivity index (χ1n) is 9.07. The zero-order chi connectivity index (χ0) is 19.2. The number of hydrogen-bond acceptors (Lipinski definition) is 5. The molecule has 7 nitrogen and oxygen atoms in total. The fraction of sp³-hybridized carbons (Fsp3) is 0.400. The van der Waals surface area contributed by atoms with E-state index in [-0.39, 0.29) is 29.5 Å². The normalized spacial score (nSPS) is 18.7. The monoisotopic (exact) mass is 368 g/mol. The summed E-state index contributed by atoms with van der Waals surface area (Å²) in [6.07, 6.45) is 5.46. The van der Waals surface area contributed by atoms with E-state index in [1.807, 2.05) is 31.2 Å². The molecular weight excluding hydrogens is 344 g/mol. The first kappa shape index (κ1) is 18.8. The third-order valence-corrected chi connectivity index (χ3v) is 4.78. The van der Waals surface area contributed by atoms with Gasteiger partial charge < -0.3 is 15.4 Å². The number of carbonyl (C=O) groups is 2. The second-order valence-electron chi connectivity index (χ2n) is 6.73. The van der Waals surface area contributed by atoms with Crippen LogP contribution in [0.25, 0.3) is 0 Å². The number of hydrogen-bond donors (Lipinski definition) is 2. The van der Waals surface area contributed by atoms with Crippen molar-refractivity contribution < 1.29 is 14.3 Å². The highest BCUT2D eigenvalue weighted by atomic mass is 16.5. The smallest absolute Gasteiger partial charge is 0.271 e. The first-order valence-corrected chi connectivity index (χ1v) is 9.07. The van der Waals surface area contributed by atoms with Gasteiger partial charge in [0.25, 0.3) is 5.91 Å². The summed E-state index contributed by atoms with van der Waals surface area (Å²) >= 11 is 0. The number of methoxy groups -OCH3 is 1. The molecule has 0 radical (unpaired) electrons. The molecular formula is C20H24N4O3. The SMILES string of the molecule is COc1cccc(CNC(=O)[C@H]2CCC[C@H]2NC(=O)c2cnc(C)cn2)c1. The Balaban J connectivity index is 1.57. The number of rotatable bonds is 6. The van der Waals surface area contributed by atoms with Crippen LogP contribution in [0.5, 0.6) is 5.75 Å². The third-order valence-electron chi connectivity index (χ3n) is 4.78. The highest BCUT2D eigenvalue weighted by Gasteiger charge is 2.34. The number of aryl methyl sites for hydroxylation is 1.